The molecule has 186 valence electrons. The number of aliphatic hydroxyl groups is 1. The highest BCUT2D eigenvalue weighted by Crippen LogP contribution is 2.63. The van der Waals surface area contributed by atoms with Crippen LogP contribution in [0.25, 0.3) is 6.08 Å². The van der Waals surface area contributed by atoms with Crippen LogP contribution in [0.1, 0.15) is 40.2 Å². The summed E-state index contributed by atoms with van der Waals surface area (Å²) in [7, 11) is 0. The van der Waals surface area contributed by atoms with Crippen molar-refractivity contribution in [3.63, 3.8) is 0 Å². The maximum atomic E-state index is 14.0. The number of nitrogens with zero attached hydrogens (tertiary/aromatic N) is 1. The number of aromatic carboxylic acids is 1. The molecule has 2 aromatic rings. The minimum atomic E-state index is -1.84. The first-order chi connectivity index (χ1) is 16.8. The lowest BCUT2D eigenvalue weighted by Gasteiger charge is -2.24. The molecule has 10 heteroatoms. The fraction of sp³-hybridized carbons (Fsp3) is 0.400. The van der Waals surface area contributed by atoms with Gasteiger partial charge in [0.2, 0.25) is 0 Å². The summed E-state index contributed by atoms with van der Waals surface area (Å²) < 4.78 is 36.0. The van der Waals surface area contributed by atoms with E-state index in [1.807, 2.05) is 12.1 Å². The molecule has 0 radical (unpaired) electrons. The van der Waals surface area contributed by atoms with Gasteiger partial charge in [-0.2, -0.15) is 0 Å². The van der Waals surface area contributed by atoms with Crippen molar-refractivity contribution in [3.8, 4) is 5.75 Å². The smallest absolute Gasteiger partial charge is 0.341 e. The van der Waals surface area contributed by atoms with Crippen LogP contribution >= 0.6 is 22.6 Å². The minimum Gasteiger partial charge on any atom is -0.588 e. The normalized spacial score (nSPS) is 26.2. The first-order valence-electron chi connectivity index (χ1n) is 11.5. The Kier molecular flexibility index (Phi) is 7.01. The van der Waals surface area contributed by atoms with Crippen molar-refractivity contribution >= 4 is 51.7 Å². The molecule has 1 saturated heterocycles. The van der Waals surface area contributed by atoms with E-state index >= 15 is 0 Å². The number of anilines is 1. The number of likely N-dealkylation sites (tertiary alicyclic amines) is 1. The number of halogens is 2. The summed E-state index contributed by atoms with van der Waals surface area (Å²) in [5.74, 6) is -0.731. The van der Waals surface area contributed by atoms with Gasteiger partial charge < -0.3 is 19.5 Å². The molecular weight excluding hydrogens is 586 g/mol. The maximum Gasteiger partial charge on any atom is 0.341 e. The van der Waals surface area contributed by atoms with Crippen molar-refractivity contribution in [1.29, 1.82) is 0 Å². The summed E-state index contributed by atoms with van der Waals surface area (Å²) in [5.41, 5.74) is 1.48. The Morgan fingerprint density at radius 3 is 2.97 bits per heavy atom. The van der Waals surface area contributed by atoms with Crippen LogP contribution in [0, 0.1) is 11.7 Å². The predicted octanol–water partition coefficient (Wildman–Crippen LogP) is 4.04. The molecule has 2 heterocycles. The average Bonchev–Trinajstić information content (AvgIpc) is 3.32. The third-order valence-electron chi connectivity index (χ3n) is 6.91. The van der Waals surface area contributed by atoms with E-state index in [1.54, 1.807) is 12.1 Å². The molecule has 1 unspecified atom stereocenters. The van der Waals surface area contributed by atoms with Gasteiger partial charge in [-0.3, -0.25) is 4.90 Å². The highest BCUT2D eigenvalue weighted by Gasteiger charge is 2.57. The van der Waals surface area contributed by atoms with Crippen molar-refractivity contribution in [2.75, 3.05) is 37.6 Å². The molecule has 2 aliphatic heterocycles. The Morgan fingerprint density at radius 2 is 2.23 bits per heavy atom. The predicted molar refractivity (Wildman–Crippen MR) is 140 cm³/mol. The van der Waals surface area contributed by atoms with E-state index in [2.05, 4.69) is 32.2 Å². The number of carboxylic acid groups (broad SMARTS) is 1. The Balaban J connectivity index is 1.36. The Morgan fingerprint density at radius 1 is 1.40 bits per heavy atom. The molecule has 3 N–H and O–H groups in total. The number of benzene rings is 2. The van der Waals surface area contributed by atoms with E-state index < -0.39 is 23.1 Å². The SMILES string of the molecule is O=C(O)c1c(N[S+]([O-])c2ccc(F)cc2/C=C\CN2CC[C@H](CO)C2)ccc2c1OC[C@]1(I)C[C@H]21. The van der Waals surface area contributed by atoms with E-state index in [9.17, 15) is 24.0 Å². The van der Waals surface area contributed by atoms with Gasteiger partial charge in [0.25, 0.3) is 0 Å². The monoisotopic (exact) mass is 612 g/mol. The zero-order valence-corrected chi connectivity index (χ0v) is 21.9. The summed E-state index contributed by atoms with van der Waals surface area (Å²) in [6.07, 6.45) is 5.50. The number of nitrogens with one attached hydrogen (secondary N) is 1. The van der Waals surface area contributed by atoms with Crippen molar-refractivity contribution in [1.82, 2.24) is 4.90 Å². The summed E-state index contributed by atoms with van der Waals surface area (Å²) in [6.45, 7) is 2.95. The van der Waals surface area contributed by atoms with Crippen LogP contribution in [0.4, 0.5) is 10.1 Å². The first kappa shape index (κ1) is 24.8. The third-order valence-corrected chi connectivity index (χ3v) is 9.59. The molecule has 0 aromatic heterocycles. The zero-order chi connectivity index (χ0) is 24.7. The summed E-state index contributed by atoms with van der Waals surface area (Å²) in [4.78, 5) is 14.7. The molecule has 2 fully saturated rings. The van der Waals surface area contributed by atoms with Gasteiger partial charge in [-0.1, -0.05) is 40.8 Å². The van der Waals surface area contributed by atoms with E-state index in [4.69, 9.17) is 4.74 Å². The molecule has 4 atom stereocenters. The number of fused-ring (bicyclic) bond motifs is 3. The van der Waals surface area contributed by atoms with Gasteiger partial charge >= 0.3 is 5.97 Å². The lowest BCUT2D eigenvalue weighted by atomic mass is 10.0. The molecule has 5 rings (SSSR count). The number of aliphatic hydroxyl groups excluding tert-OH is 1. The number of ether oxygens (including phenoxy) is 1. The number of carboxylic acids is 1. The fourth-order valence-corrected chi connectivity index (χ4v) is 6.82. The molecule has 0 bridgehead atoms. The highest BCUT2D eigenvalue weighted by molar-refractivity contribution is 14.1. The van der Waals surface area contributed by atoms with Gasteiger partial charge in [0.15, 0.2) is 4.90 Å². The van der Waals surface area contributed by atoms with Gasteiger partial charge in [-0.15, -0.1) is 0 Å². The molecule has 0 spiro atoms. The number of hydrogen-bond donors (Lipinski definition) is 3. The minimum absolute atomic E-state index is 0.0295. The number of alkyl halides is 1. The van der Waals surface area contributed by atoms with E-state index in [0.29, 0.717) is 29.4 Å². The van der Waals surface area contributed by atoms with Crippen molar-refractivity contribution in [2.45, 2.75) is 27.1 Å². The van der Waals surface area contributed by atoms with Gasteiger partial charge in [0, 0.05) is 31.2 Å². The maximum absolute atomic E-state index is 14.0. The lowest BCUT2D eigenvalue weighted by Crippen LogP contribution is -2.23. The van der Waals surface area contributed by atoms with Crippen molar-refractivity contribution < 1.29 is 28.7 Å². The number of carbonyl (C=O) groups is 1. The van der Waals surface area contributed by atoms with Crippen LogP contribution in [0.5, 0.6) is 5.75 Å². The standard InChI is InChI=1S/C25H26FIN2O5S/c26-17-3-6-21(16(10-17)2-1-8-29-9-7-15(12-29)13-30)35(33)28-20-5-4-18-19-11-25(19,27)14-34-23(18)22(20)24(31)32/h1-6,10,15,19,28,30H,7-9,11-14H2,(H,31,32)/b2-1-/t15-,19+,25+,35?/m0/s1. The van der Waals surface area contributed by atoms with Crippen LogP contribution in [0.15, 0.2) is 41.3 Å². The Bertz CT molecular complexity index is 1180. The molecule has 2 aromatic carbocycles. The van der Waals surface area contributed by atoms with Gasteiger partial charge in [-0.25, -0.2) is 13.9 Å². The molecule has 0 amide bonds. The topological polar surface area (TPSA) is 105 Å². The Labute approximate surface area is 219 Å². The van der Waals surface area contributed by atoms with Crippen molar-refractivity contribution in [3.05, 3.63) is 58.9 Å². The lowest BCUT2D eigenvalue weighted by molar-refractivity contribution is 0.0692. The van der Waals surface area contributed by atoms with Gasteiger partial charge in [-0.05, 0) is 55.1 Å². The third kappa shape index (κ3) is 5.04. The Hall–Kier alpha value is -1.86. The number of rotatable bonds is 8. The van der Waals surface area contributed by atoms with Crippen LogP contribution < -0.4 is 9.46 Å². The molecule has 7 nitrogen and oxygen atoms in total. The fourth-order valence-electron chi connectivity index (χ4n) is 4.88. The van der Waals surface area contributed by atoms with E-state index in [-0.39, 0.29) is 33.1 Å². The zero-order valence-electron chi connectivity index (χ0n) is 18.9. The highest BCUT2D eigenvalue weighted by atomic mass is 127. The molecular formula is C25H26FIN2O5S. The molecule has 35 heavy (non-hydrogen) atoms. The van der Waals surface area contributed by atoms with Crippen LogP contribution in [-0.2, 0) is 11.4 Å². The quantitative estimate of drug-likeness (QED) is 0.235. The first-order valence-corrected chi connectivity index (χ1v) is 13.7. The van der Waals surface area contributed by atoms with Crippen molar-refractivity contribution in [2.24, 2.45) is 5.92 Å². The van der Waals surface area contributed by atoms with Crippen LogP contribution in [-0.4, -0.2) is 61.9 Å². The summed E-state index contributed by atoms with van der Waals surface area (Å²) in [6, 6.07) is 7.47. The van der Waals surface area contributed by atoms with Crippen LogP contribution in [0.3, 0.4) is 0 Å². The van der Waals surface area contributed by atoms with E-state index in [0.717, 1.165) is 31.5 Å². The van der Waals surface area contributed by atoms with E-state index in [1.165, 1.54) is 18.2 Å². The summed E-state index contributed by atoms with van der Waals surface area (Å²) >= 11 is 0.535. The second-order valence-electron chi connectivity index (χ2n) is 9.34. The largest absolute Gasteiger partial charge is 0.588 e. The molecule has 1 saturated carbocycles. The second kappa shape index (κ2) is 9.89. The number of hydrogen-bond acceptors (Lipinski definition) is 6. The van der Waals surface area contributed by atoms with Crippen LogP contribution in [0.2, 0.25) is 0 Å². The second-order valence-corrected chi connectivity index (χ2v) is 12.7. The van der Waals surface area contributed by atoms with Gasteiger partial charge in [0.05, 0.1) is 3.42 Å². The molecule has 3 aliphatic rings. The molecule has 1 aliphatic carbocycles. The summed E-state index contributed by atoms with van der Waals surface area (Å²) in [5, 5.41) is 19.2. The van der Waals surface area contributed by atoms with Gasteiger partial charge in [0.1, 0.15) is 40.8 Å². The average molecular weight is 612 g/mol.